The van der Waals surface area contributed by atoms with Crippen molar-refractivity contribution in [1.82, 2.24) is 9.88 Å². The largest absolute Gasteiger partial charge is 0.494 e. The highest BCUT2D eigenvalue weighted by Crippen LogP contribution is 2.20. The van der Waals surface area contributed by atoms with Crippen molar-refractivity contribution in [2.75, 3.05) is 11.9 Å². The lowest BCUT2D eigenvalue weighted by molar-refractivity contribution is 0.206. The first-order valence-corrected chi connectivity index (χ1v) is 10.7. The molecular formula is C26H24FN3O3. The molecule has 0 saturated heterocycles. The molecule has 0 aliphatic rings. The fourth-order valence-electron chi connectivity index (χ4n) is 3.55. The number of pyridine rings is 1. The molecule has 168 valence electrons. The van der Waals surface area contributed by atoms with Gasteiger partial charge >= 0.3 is 6.03 Å². The molecule has 1 heterocycles. The Morgan fingerprint density at radius 3 is 2.48 bits per heavy atom. The zero-order valence-corrected chi connectivity index (χ0v) is 18.2. The SMILES string of the molecule is CCOc1ccc2[nH]c(=O)c(CN(Cc3ccccc3)C(=O)Nc3ccc(F)cc3)cc2c1. The molecule has 2 N–H and O–H groups in total. The van der Waals surface area contributed by atoms with Gasteiger partial charge in [0.05, 0.1) is 13.2 Å². The summed E-state index contributed by atoms with van der Waals surface area (Å²) in [5.41, 5.74) is 2.26. The van der Waals surface area contributed by atoms with E-state index in [2.05, 4.69) is 10.3 Å². The highest BCUT2D eigenvalue weighted by atomic mass is 19.1. The molecule has 0 atom stereocenters. The highest BCUT2D eigenvalue weighted by molar-refractivity contribution is 5.89. The number of halogens is 1. The van der Waals surface area contributed by atoms with Crippen LogP contribution in [0.15, 0.2) is 83.7 Å². The van der Waals surface area contributed by atoms with Crippen molar-refractivity contribution in [3.8, 4) is 5.75 Å². The molecule has 0 spiro atoms. The van der Waals surface area contributed by atoms with E-state index in [1.54, 1.807) is 23.1 Å². The number of fused-ring (bicyclic) bond motifs is 1. The van der Waals surface area contributed by atoms with E-state index in [-0.39, 0.29) is 17.9 Å². The summed E-state index contributed by atoms with van der Waals surface area (Å²) in [4.78, 5) is 30.3. The van der Waals surface area contributed by atoms with Gasteiger partial charge in [0.15, 0.2) is 0 Å². The number of hydrogen-bond acceptors (Lipinski definition) is 3. The van der Waals surface area contributed by atoms with Crippen LogP contribution < -0.4 is 15.6 Å². The van der Waals surface area contributed by atoms with E-state index in [4.69, 9.17) is 4.74 Å². The number of anilines is 1. The monoisotopic (exact) mass is 445 g/mol. The van der Waals surface area contributed by atoms with Crippen LogP contribution in [0.5, 0.6) is 5.75 Å². The molecule has 2 amide bonds. The number of carbonyl (C=O) groups excluding carboxylic acids is 1. The molecule has 6 nitrogen and oxygen atoms in total. The molecule has 33 heavy (non-hydrogen) atoms. The summed E-state index contributed by atoms with van der Waals surface area (Å²) in [6.45, 7) is 2.83. The van der Waals surface area contributed by atoms with Gasteiger partial charge < -0.3 is 19.9 Å². The zero-order valence-electron chi connectivity index (χ0n) is 18.2. The second-order valence-corrected chi connectivity index (χ2v) is 7.58. The first kappa shape index (κ1) is 22.1. The average molecular weight is 445 g/mol. The minimum atomic E-state index is -0.395. The number of rotatable bonds is 7. The predicted molar refractivity (Wildman–Crippen MR) is 127 cm³/mol. The Kier molecular flexibility index (Phi) is 6.69. The van der Waals surface area contributed by atoms with Crippen molar-refractivity contribution in [3.05, 3.63) is 106 Å². The Balaban J connectivity index is 1.64. The van der Waals surface area contributed by atoms with E-state index in [9.17, 15) is 14.0 Å². The molecular weight excluding hydrogens is 421 g/mol. The molecule has 0 aliphatic heterocycles. The van der Waals surface area contributed by atoms with E-state index in [0.29, 0.717) is 35.7 Å². The number of urea groups is 1. The standard InChI is InChI=1S/C26H24FN3O3/c1-2-33-23-12-13-24-19(15-23)14-20(25(31)29-24)17-30(16-18-6-4-3-5-7-18)26(32)28-22-10-8-21(27)9-11-22/h3-15H,2,16-17H2,1H3,(H,28,32)(H,29,31). The van der Waals surface area contributed by atoms with Crippen LogP contribution in [0.1, 0.15) is 18.1 Å². The van der Waals surface area contributed by atoms with Crippen molar-refractivity contribution in [1.29, 1.82) is 0 Å². The minimum absolute atomic E-state index is 0.0893. The first-order chi connectivity index (χ1) is 16.0. The normalized spacial score (nSPS) is 10.7. The van der Waals surface area contributed by atoms with E-state index >= 15 is 0 Å². The summed E-state index contributed by atoms with van der Waals surface area (Å²) in [6, 6.07) is 21.9. The van der Waals surface area contributed by atoms with Gasteiger partial charge in [0.25, 0.3) is 5.56 Å². The van der Waals surface area contributed by atoms with E-state index < -0.39 is 6.03 Å². The van der Waals surface area contributed by atoms with Gasteiger partial charge in [0.1, 0.15) is 11.6 Å². The molecule has 0 bridgehead atoms. The van der Waals surface area contributed by atoms with Gasteiger partial charge in [-0.25, -0.2) is 9.18 Å². The molecule has 1 aromatic heterocycles. The van der Waals surface area contributed by atoms with Crippen LogP contribution in [0.4, 0.5) is 14.9 Å². The number of amides is 2. The van der Waals surface area contributed by atoms with Gasteiger partial charge in [0, 0.05) is 28.7 Å². The second-order valence-electron chi connectivity index (χ2n) is 7.58. The Hall–Kier alpha value is -4.13. The molecule has 7 heteroatoms. The molecule has 3 aromatic carbocycles. The topological polar surface area (TPSA) is 74.4 Å². The quantitative estimate of drug-likeness (QED) is 0.405. The Labute approximate surface area is 190 Å². The highest BCUT2D eigenvalue weighted by Gasteiger charge is 2.17. The second kappa shape index (κ2) is 9.99. The third-order valence-electron chi connectivity index (χ3n) is 5.16. The number of carbonyl (C=O) groups is 1. The predicted octanol–water partition coefficient (Wildman–Crippen LogP) is 5.30. The van der Waals surface area contributed by atoms with Crippen LogP contribution in [-0.2, 0) is 13.1 Å². The zero-order chi connectivity index (χ0) is 23.2. The molecule has 0 fully saturated rings. The van der Waals surface area contributed by atoms with Gasteiger partial charge in [-0.2, -0.15) is 0 Å². The smallest absolute Gasteiger partial charge is 0.322 e. The summed E-state index contributed by atoms with van der Waals surface area (Å²) in [7, 11) is 0. The van der Waals surface area contributed by atoms with Crippen LogP contribution in [0, 0.1) is 5.82 Å². The van der Waals surface area contributed by atoms with E-state index in [0.717, 1.165) is 10.9 Å². The number of aromatic nitrogens is 1. The number of hydrogen-bond donors (Lipinski definition) is 2. The minimum Gasteiger partial charge on any atom is -0.494 e. The summed E-state index contributed by atoms with van der Waals surface area (Å²) in [5, 5.41) is 3.59. The van der Waals surface area contributed by atoms with Gasteiger partial charge in [-0.15, -0.1) is 0 Å². The molecule has 0 unspecified atom stereocenters. The maximum Gasteiger partial charge on any atom is 0.322 e. The first-order valence-electron chi connectivity index (χ1n) is 10.7. The van der Waals surface area contributed by atoms with Crippen LogP contribution in [0.2, 0.25) is 0 Å². The van der Waals surface area contributed by atoms with Crippen molar-refractivity contribution in [2.24, 2.45) is 0 Å². The van der Waals surface area contributed by atoms with Gasteiger partial charge in [0.2, 0.25) is 0 Å². The van der Waals surface area contributed by atoms with Crippen molar-refractivity contribution in [3.63, 3.8) is 0 Å². The van der Waals surface area contributed by atoms with Gasteiger partial charge in [-0.05, 0) is 61.0 Å². The Morgan fingerprint density at radius 2 is 1.76 bits per heavy atom. The van der Waals surface area contributed by atoms with E-state index in [1.807, 2.05) is 43.3 Å². The van der Waals surface area contributed by atoms with Crippen LogP contribution in [0.3, 0.4) is 0 Å². The fourth-order valence-corrected chi connectivity index (χ4v) is 3.55. The fraction of sp³-hybridized carbons (Fsp3) is 0.154. The summed E-state index contributed by atoms with van der Waals surface area (Å²) in [5.74, 6) is 0.321. The lowest BCUT2D eigenvalue weighted by Gasteiger charge is -2.23. The van der Waals surface area contributed by atoms with Crippen LogP contribution in [-0.4, -0.2) is 22.5 Å². The van der Waals surface area contributed by atoms with E-state index in [1.165, 1.54) is 24.3 Å². The van der Waals surface area contributed by atoms with Crippen molar-refractivity contribution < 1.29 is 13.9 Å². The lowest BCUT2D eigenvalue weighted by atomic mass is 10.1. The number of benzene rings is 3. The Bertz CT molecular complexity index is 1300. The lowest BCUT2D eigenvalue weighted by Crippen LogP contribution is -2.35. The van der Waals surface area contributed by atoms with Gasteiger partial charge in [-0.3, -0.25) is 4.79 Å². The Morgan fingerprint density at radius 1 is 1.00 bits per heavy atom. The maximum atomic E-state index is 13.2. The van der Waals surface area contributed by atoms with Gasteiger partial charge in [-0.1, -0.05) is 30.3 Å². The third-order valence-corrected chi connectivity index (χ3v) is 5.16. The maximum absolute atomic E-state index is 13.2. The number of ether oxygens (including phenoxy) is 1. The third kappa shape index (κ3) is 5.57. The van der Waals surface area contributed by atoms with Crippen molar-refractivity contribution in [2.45, 2.75) is 20.0 Å². The van der Waals surface area contributed by atoms with Crippen LogP contribution in [0.25, 0.3) is 10.9 Å². The molecule has 4 aromatic rings. The molecule has 0 aliphatic carbocycles. The van der Waals surface area contributed by atoms with Crippen molar-refractivity contribution >= 4 is 22.6 Å². The molecule has 0 saturated carbocycles. The summed E-state index contributed by atoms with van der Waals surface area (Å²) in [6.07, 6.45) is 0. The molecule has 0 radical (unpaired) electrons. The number of nitrogens with zero attached hydrogens (tertiary/aromatic N) is 1. The average Bonchev–Trinajstić information content (AvgIpc) is 2.81. The van der Waals surface area contributed by atoms with Crippen LogP contribution >= 0.6 is 0 Å². The number of aromatic amines is 1. The summed E-state index contributed by atoms with van der Waals surface area (Å²) >= 11 is 0. The molecule has 4 rings (SSSR count). The summed E-state index contributed by atoms with van der Waals surface area (Å²) < 4.78 is 18.8. The number of nitrogens with one attached hydrogen (secondary N) is 2. The number of H-pyrrole nitrogens is 1.